The van der Waals surface area contributed by atoms with E-state index in [0.29, 0.717) is 5.89 Å². The molecule has 6 heteroatoms. The molecule has 1 aromatic heterocycles. The van der Waals surface area contributed by atoms with Crippen molar-refractivity contribution in [3.8, 4) is 0 Å². The number of aliphatic carboxylic acids is 1. The van der Waals surface area contributed by atoms with Gasteiger partial charge < -0.3 is 14.9 Å². The molecule has 6 nitrogen and oxygen atoms in total. The summed E-state index contributed by atoms with van der Waals surface area (Å²) < 4.78 is 5.02. The summed E-state index contributed by atoms with van der Waals surface area (Å²) in [6.07, 6.45) is 3.08. The lowest BCUT2D eigenvalue weighted by Crippen LogP contribution is -2.27. The largest absolute Gasteiger partial charge is 0.481 e. The van der Waals surface area contributed by atoms with Crippen molar-refractivity contribution in [1.82, 2.24) is 15.5 Å². The van der Waals surface area contributed by atoms with Crippen LogP contribution in [0, 0.1) is 0 Å². The lowest BCUT2D eigenvalue weighted by Gasteiger charge is -2.19. The molecule has 2 rings (SSSR count). The van der Waals surface area contributed by atoms with E-state index in [9.17, 15) is 4.79 Å². The Hall–Kier alpha value is -1.43. The van der Waals surface area contributed by atoms with Crippen LogP contribution < -0.4 is 5.32 Å². The number of hydrogen-bond donors (Lipinski definition) is 2. The highest BCUT2D eigenvalue weighted by Gasteiger charge is 2.21. The zero-order valence-corrected chi connectivity index (χ0v) is 8.27. The van der Waals surface area contributed by atoms with Crippen LogP contribution in [0.1, 0.15) is 37.0 Å². The Labute approximate surface area is 86.7 Å². The molecule has 2 heterocycles. The normalized spacial score (nSPS) is 21.5. The Morgan fingerprint density at radius 3 is 3.13 bits per heavy atom. The molecule has 1 aliphatic rings. The van der Waals surface area contributed by atoms with E-state index in [2.05, 4.69) is 15.5 Å². The van der Waals surface area contributed by atoms with Crippen molar-refractivity contribution < 1.29 is 14.4 Å². The molecule has 0 saturated carbocycles. The first-order chi connectivity index (χ1) is 7.25. The molecule has 0 aliphatic carbocycles. The van der Waals surface area contributed by atoms with Crippen molar-refractivity contribution >= 4 is 5.97 Å². The van der Waals surface area contributed by atoms with Gasteiger partial charge in [0, 0.05) is 0 Å². The zero-order valence-electron chi connectivity index (χ0n) is 8.27. The Kier molecular flexibility index (Phi) is 2.96. The fourth-order valence-electron chi connectivity index (χ4n) is 1.68. The SMILES string of the molecule is O=C(O)Cc1noc(C2CCCCN2)n1. The zero-order chi connectivity index (χ0) is 10.7. The second-order valence-corrected chi connectivity index (χ2v) is 3.62. The van der Waals surface area contributed by atoms with Gasteiger partial charge in [-0.25, -0.2) is 0 Å². The van der Waals surface area contributed by atoms with Crippen LogP contribution in [0.25, 0.3) is 0 Å². The van der Waals surface area contributed by atoms with E-state index >= 15 is 0 Å². The van der Waals surface area contributed by atoms with E-state index < -0.39 is 5.97 Å². The van der Waals surface area contributed by atoms with Crippen LogP contribution in [0.4, 0.5) is 0 Å². The minimum Gasteiger partial charge on any atom is -0.481 e. The van der Waals surface area contributed by atoms with Crippen LogP contribution in [0.5, 0.6) is 0 Å². The maximum atomic E-state index is 10.4. The summed E-state index contributed by atoms with van der Waals surface area (Å²) in [4.78, 5) is 14.5. The monoisotopic (exact) mass is 211 g/mol. The van der Waals surface area contributed by atoms with Crippen molar-refractivity contribution in [2.45, 2.75) is 31.7 Å². The molecule has 1 aromatic rings. The summed E-state index contributed by atoms with van der Waals surface area (Å²) in [6, 6.07) is 0.0915. The molecule has 1 saturated heterocycles. The number of rotatable bonds is 3. The van der Waals surface area contributed by atoms with Crippen LogP contribution in [0.15, 0.2) is 4.52 Å². The van der Waals surface area contributed by atoms with Gasteiger partial charge in [-0.15, -0.1) is 0 Å². The average Bonchev–Trinajstić information content (AvgIpc) is 2.67. The fraction of sp³-hybridized carbons (Fsp3) is 0.667. The number of aromatic nitrogens is 2. The summed E-state index contributed by atoms with van der Waals surface area (Å²) in [5.74, 6) is -0.199. The average molecular weight is 211 g/mol. The van der Waals surface area contributed by atoms with Gasteiger partial charge in [-0.1, -0.05) is 11.6 Å². The molecule has 0 spiro atoms. The second-order valence-electron chi connectivity index (χ2n) is 3.62. The van der Waals surface area contributed by atoms with Gasteiger partial charge in [0.2, 0.25) is 5.89 Å². The number of nitrogens with zero attached hydrogens (tertiary/aromatic N) is 2. The molecular weight excluding hydrogens is 198 g/mol. The van der Waals surface area contributed by atoms with E-state index in [1.165, 1.54) is 0 Å². The lowest BCUT2D eigenvalue weighted by molar-refractivity contribution is -0.136. The van der Waals surface area contributed by atoms with Crippen molar-refractivity contribution in [2.24, 2.45) is 0 Å². The van der Waals surface area contributed by atoms with Crippen molar-refractivity contribution in [3.63, 3.8) is 0 Å². The topological polar surface area (TPSA) is 88.2 Å². The molecular formula is C9H13N3O3. The van der Waals surface area contributed by atoms with Crippen LogP contribution >= 0.6 is 0 Å². The number of nitrogens with one attached hydrogen (secondary N) is 1. The first kappa shape index (κ1) is 10.1. The van der Waals surface area contributed by atoms with Gasteiger partial charge in [-0.05, 0) is 19.4 Å². The Morgan fingerprint density at radius 2 is 2.47 bits per heavy atom. The summed E-state index contributed by atoms with van der Waals surface area (Å²) in [6.45, 7) is 0.946. The van der Waals surface area contributed by atoms with Gasteiger partial charge in [0.05, 0.1) is 6.04 Å². The highest BCUT2D eigenvalue weighted by atomic mass is 16.5. The van der Waals surface area contributed by atoms with Gasteiger partial charge in [0.1, 0.15) is 6.42 Å². The van der Waals surface area contributed by atoms with Gasteiger partial charge >= 0.3 is 5.97 Å². The van der Waals surface area contributed by atoms with E-state index in [1.54, 1.807) is 0 Å². The van der Waals surface area contributed by atoms with Crippen LogP contribution in [0.2, 0.25) is 0 Å². The standard InChI is InChI=1S/C9H13N3O3/c13-8(14)5-7-11-9(15-12-7)6-3-1-2-4-10-6/h6,10H,1-5H2,(H,13,14). The Balaban J connectivity index is 2.02. The van der Waals surface area contributed by atoms with Gasteiger partial charge in [0.15, 0.2) is 5.82 Å². The quantitative estimate of drug-likeness (QED) is 0.757. The molecule has 1 aliphatic heterocycles. The molecule has 0 amide bonds. The molecule has 1 atom stereocenters. The van der Waals surface area contributed by atoms with E-state index in [1.807, 2.05) is 0 Å². The Bertz CT molecular complexity index is 344. The van der Waals surface area contributed by atoms with E-state index in [0.717, 1.165) is 25.8 Å². The van der Waals surface area contributed by atoms with Crippen molar-refractivity contribution in [1.29, 1.82) is 0 Å². The minimum absolute atomic E-state index is 0.0915. The molecule has 82 valence electrons. The highest BCUT2D eigenvalue weighted by molar-refractivity contribution is 5.68. The van der Waals surface area contributed by atoms with Crippen molar-refractivity contribution in [2.75, 3.05) is 6.54 Å². The third-order valence-corrected chi connectivity index (χ3v) is 2.40. The molecule has 0 aromatic carbocycles. The molecule has 2 N–H and O–H groups in total. The molecule has 0 radical (unpaired) electrons. The predicted molar refractivity (Wildman–Crippen MR) is 50.2 cm³/mol. The highest BCUT2D eigenvalue weighted by Crippen LogP contribution is 2.21. The van der Waals surface area contributed by atoms with Crippen molar-refractivity contribution in [3.05, 3.63) is 11.7 Å². The molecule has 1 fully saturated rings. The van der Waals surface area contributed by atoms with Gasteiger partial charge in [-0.3, -0.25) is 4.79 Å². The summed E-state index contributed by atoms with van der Waals surface area (Å²) in [7, 11) is 0. The van der Waals surface area contributed by atoms with E-state index in [4.69, 9.17) is 9.63 Å². The Morgan fingerprint density at radius 1 is 1.60 bits per heavy atom. The maximum Gasteiger partial charge on any atom is 0.311 e. The first-order valence-corrected chi connectivity index (χ1v) is 5.03. The fourth-order valence-corrected chi connectivity index (χ4v) is 1.68. The number of carboxylic acids is 1. The smallest absolute Gasteiger partial charge is 0.311 e. The second kappa shape index (κ2) is 4.39. The van der Waals surface area contributed by atoms with Crippen LogP contribution in [0.3, 0.4) is 0 Å². The van der Waals surface area contributed by atoms with Gasteiger partial charge in [0.25, 0.3) is 0 Å². The third kappa shape index (κ3) is 2.53. The number of carbonyl (C=O) groups is 1. The first-order valence-electron chi connectivity index (χ1n) is 5.03. The van der Waals surface area contributed by atoms with Gasteiger partial charge in [-0.2, -0.15) is 4.98 Å². The number of hydrogen-bond acceptors (Lipinski definition) is 5. The molecule has 1 unspecified atom stereocenters. The lowest BCUT2D eigenvalue weighted by atomic mass is 10.1. The summed E-state index contributed by atoms with van der Waals surface area (Å²) in [5.41, 5.74) is 0. The summed E-state index contributed by atoms with van der Waals surface area (Å²) in [5, 5.41) is 15.4. The molecule has 0 bridgehead atoms. The molecule has 15 heavy (non-hydrogen) atoms. The van der Waals surface area contributed by atoms with Crippen LogP contribution in [-0.2, 0) is 11.2 Å². The summed E-state index contributed by atoms with van der Waals surface area (Å²) >= 11 is 0. The third-order valence-electron chi connectivity index (χ3n) is 2.40. The number of carboxylic acid groups (broad SMARTS) is 1. The minimum atomic E-state index is -0.945. The number of piperidine rings is 1. The predicted octanol–water partition coefficient (Wildman–Crippen LogP) is 0.511. The maximum absolute atomic E-state index is 10.4. The van der Waals surface area contributed by atoms with E-state index in [-0.39, 0.29) is 18.3 Å². The van der Waals surface area contributed by atoms with Crippen LogP contribution in [-0.4, -0.2) is 27.8 Å².